The van der Waals surface area contributed by atoms with E-state index in [9.17, 15) is 0 Å². The monoisotopic (exact) mass is 149 g/mol. The van der Waals surface area contributed by atoms with E-state index < -0.39 is 0 Å². The van der Waals surface area contributed by atoms with Crippen molar-refractivity contribution in [3.8, 4) is 0 Å². The number of H-pyrrole nitrogens is 1. The fourth-order valence-electron chi connectivity index (χ4n) is 0.981. The maximum Gasteiger partial charge on any atom is 0.0653 e. The number of hydrogen-bond donors (Lipinski definition) is 2. The molecule has 0 fully saturated rings. The van der Waals surface area contributed by atoms with Gasteiger partial charge < -0.3 is 10.4 Å². The van der Waals surface area contributed by atoms with Crippen LogP contribution >= 0.6 is 0 Å². The molecule has 0 saturated heterocycles. The molecule has 0 aliphatic carbocycles. The molecule has 1 aromatic rings. The van der Waals surface area contributed by atoms with Crippen LogP contribution in [0.2, 0.25) is 0 Å². The molecule has 1 rings (SSSR count). The molecular weight excluding hydrogens is 138 g/mol. The van der Waals surface area contributed by atoms with Gasteiger partial charge in [0.2, 0.25) is 0 Å². The second-order valence-electron chi connectivity index (χ2n) is 2.33. The molecule has 0 amide bonds. The molecule has 3 heteroatoms. The summed E-state index contributed by atoms with van der Waals surface area (Å²) in [5.74, 6) is 0. The van der Waals surface area contributed by atoms with Gasteiger partial charge in [-0.3, -0.25) is 4.99 Å². The number of rotatable bonds is 2. The lowest BCUT2D eigenvalue weighted by Crippen LogP contribution is -1.88. The number of hydrogen-bond acceptors (Lipinski definition) is 2. The van der Waals surface area contributed by atoms with E-state index in [4.69, 9.17) is 5.41 Å². The van der Waals surface area contributed by atoms with E-state index in [2.05, 4.69) is 9.98 Å². The summed E-state index contributed by atoms with van der Waals surface area (Å²) in [6, 6.07) is 0. The Morgan fingerprint density at radius 2 is 2.36 bits per heavy atom. The fourth-order valence-corrected chi connectivity index (χ4v) is 0.981. The van der Waals surface area contributed by atoms with Gasteiger partial charge >= 0.3 is 0 Å². The predicted molar refractivity (Wildman–Crippen MR) is 46.9 cm³/mol. The van der Waals surface area contributed by atoms with Gasteiger partial charge in [-0.2, -0.15) is 0 Å². The van der Waals surface area contributed by atoms with Crippen molar-refractivity contribution in [3.05, 3.63) is 23.0 Å². The van der Waals surface area contributed by atoms with Crippen LogP contribution in [0.4, 0.5) is 0 Å². The average Bonchev–Trinajstić information content (AvgIpc) is 2.33. The highest BCUT2D eigenvalue weighted by molar-refractivity contribution is 5.93. The standard InChI is InChI=1S/C8H11N3/c1-6-4-11-8(5-10-2)7(6)3-9/h3-5,9,11H,1-2H3. The minimum Gasteiger partial charge on any atom is -0.360 e. The minimum atomic E-state index is 0.903. The van der Waals surface area contributed by atoms with Crippen molar-refractivity contribution in [2.75, 3.05) is 7.05 Å². The van der Waals surface area contributed by atoms with E-state index in [1.807, 2.05) is 13.1 Å². The first-order valence-electron chi connectivity index (χ1n) is 3.40. The molecule has 0 bridgehead atoms. The number of aryl methyl sites for hydroxylation is 1. The fraction of sp³-hybridized carbons (Fsp3) is 0.250. The Kier molecular flexibility index (Phi) is 2.21. The summed E-state index contributed by atoms with van der Waals surface area (Å²) < 4.78 is 0. The van der Waals surface area contributed by atoms with E-state index >= 15 is 0 Å². The lowest BCUT2D eigenvalue weighted by Gasteiger charge is -1.89. The van der Waals surface area contributed by atoms with Crippen molar-refractivity contribution < 1.29 is 0 Å². The molecular formula is C8H11N3. The molecule has 0 aromatic carbocycles. The Morgan fingerprint density at radius 3 is 2.91 bits per heavy atom. The molecule has 58 valence electrons. The molecule has 1 aromatic heterocycles. The molecule has 0 aliphatic rings. The third-order valence-electron chi connectivity index (χ3n) is 1.56. The zero-order valence-electron chi connectivity index (χ0n) is 6.68. The van der Waals surface area contributed by atoms with Crippen molar-refractivity contribution >= 4 is 12.4 Å². The largest absolute Gasteiger partial charge is 0.360 e. The van der Waals surface area contributed by atoms with Crippen LogP contribution in [0, 0.1) is 12.3 Å². The van der Waals surface area contributed by atoms with E-state index in [1.54, 1.807) is 13.3 Å². The molecule has 11 heavy (non-hydrogen) atoms. The summed E-state index contributed by atoms with van der Waals surface area (Å²) in [6.07, 6.45) is 4.92. The van der Waals surface area contributed by atoms with Crippen LogP contribution in [0.25, 0.3) is 0 Å². The summed E-state index contributed by atoms with van der Waals surface area (Å²) in [5, 5.41) is 7.11. The zero-order chi connectivity index (χ0) is 8.27. The molecule has 1 heterocycles. The number of nitrogens with zero attached hydrogens (tertiary/aromatic N) is 1. The average molecular weight is 149 g/mol. The van der Waals surface area contributed by atoms with Gasteiger partial charge in [0.15, 0.2) is 0 Å². The van der Waals surface area contributed by atoms with Crippen molar-refractivity contribution in [2.45, 2.75) is 6.92 Å². The molecule has 0 unspecified atom stereocenters. The van der Waals surface area contributed by atoms with Crippen LogP contribution in [0.5, 0.6) is 0 Å². The summed E-state index contributed by atoms with van der Waals surface area (Å²) in [5.41, 5.74) is 2.89. The van der Waals surface area contributed by atoms with Gasteiger partial charge in [0, 0.05) is 31.2 Å². The topological polar surface area (TPSA) is 52.0 Å². The van der Waals surface area contributed by atoms with E-state index in [-0.39, 0.29) is 0 Å². The van der Waals surface area contributed by atoms with E-state index in [1.165, 1.54) is 6.21 Å². The second kappa shape index (κ2) is 3.14. The summed E-state index contributed by atoms with van der Waals surface area (Å²) in [4.78, 5) is 6.89. The number of nitrogens with one attached hydrogen (secondary N) is 2. The number of aromatic amines is 1. The quantitative estimate of drug-likeness (QED) is 0.597. The zero-order valence-corrected chi connectivity index (χ0v) is 6.68. The van der Waals surface area contributed by atoms with E-state index in [0.29, 0.717) is 0 Å². The van der Waals surface area contributed by atoms with Crippen LogP contribution in [0.3, 0.4) is 0 Å². The smallest absolute Gasteiger partial charge is 0.0653 e. The van der Waals surface area contributed by atoms with Crippen molar-refractivity contribution in [1.82, 2.24) is 4.98 Å². The van der Waals surface area contributed by atoms with Crippen LogP contribution in [-0.4, -0.2) is 24.5 Å². The molecule has 2 N–H and O–H groups in total. The molecule has 0 saturated carbocycles. The van der Waals surface area contributed by atoms with Crippen LogP contribution in [-0.2, 0) is 0 Å². The van der Waals surface area contributed by atoms with Crippen LogP contribution < -0.4 is 0 Å². The highest BCUT2D eigenvalue weighted by atomic mass is 14.7. The van der Waals surface area contributed by atoms with Gasteiger partial charge in [-0.05, 0) is 12.5 Å². The van der Waals surface area contributed by atoms with Crippen molar-refractivity contribution in [3.63, 3.8) is 0 Å². The van der Waals surface area contributed by atoms with Crippen molar-refractivity contribution in [1.29, 1.82) is 5.41 Å². The first kappa shape index (κ1) is 7.72. The molecule has 0 aliphatic heterocycles. The minimum absolute atomic E-state index is 0.903. The highest BCUT2D eigenvalue weighted by Gasteiger charge is 2.01. The SMILES string of the molecule is CN=Cc1[nH]cc(C)c1C=N. The highest BCUT2D eigenvalue weighted by Crippen LogP contribution is 2.07. The van der Waals surface area contributed by atoms with E-state index in [0.717, 1.165) is 16.8 Å². The van der Waals surface area contributed by atoms with Gasteiger partial charge in [0.05, 0.1) is 5.69 Å². The van der Waals surface area contributed by atoms with Gasteiger partial charge in [-0.15, -0.1) is 0 Å². The lowest BCUT2D eigenvalue weighted by molar-refractivity contribution is 1.35. The summed E-state index contributed by atoms with van der Waals surface area (Å²) in [6.45, 7) is 1.96. The Bertz CT molecular complexity index is 284. The third kappa shape index (κ3) is 1.37. The predicted octanol–water partition coefficient (Wildman–Crippen LogP) is 1.37. The second-order valence-corrected chi connectivity index (χ2v) is 2.33. The molecule has 0 radical (unpaired) electrons. The third-order valence-corrected chi connectivity index (χ3v) is 1.56. The van der Waals surface area contributed by atoms with Crippen LogP contribution in [0.15, 0.2) is 11.2 Å². The molecule has 0 atom stereocenters. The normalized spacial score (nSPS) is 10.7. The van der Waals surface area contributed by atoms with Gasteiger partial charge in [-0.25, -0.2) is 0 Å². The summed E-state index contributed by atoms with van der Waals surface area (Å²) >= 11 is 0. The number of aliphatic imine (C=N–C) groups is 1. The molecule has 0 spiro atoms. The Hall–Kier alpha value is -1.38. The first-order valence-corrected chi connectivity index (χ1v) is 3.40. The first-order chi connectivity index (χ1) is 5.29. The van der Waals surface area contributed by atoms with Crippen molar-refractivity contribution in [2.24, 2.45) is 4.99 Å². The van der Waals surface area contributed by atoms with Gasteiger partial charge in [0.25, 0.3) is 0 Å². The number of aromatic nitrogens is 1. The summed E-state index contributed by atoms with van der Waals surface area (Å²) in [7, 11) is 1.71. The maximum absolute atomic E-state index is 7.11. The van der Waals surface area contributed by atoms with Gasteiger partial charge in [0.1, 0.15) is 0 Å². The van der Waals surface area contributed by atoms with Gasteiger partial charge in [-0.1, -0.05) is 0 Å². The lowest BCUT2D eigenvalue weighted by atomic mass is 10.2. The maximum atomic E-state index is 7.11. The molecule has 3 nitrogen and oxygen atoms in total. The Labute approximate surface area is 65.7 Å². The Morgan fingerprint density at radius 1 is 1.64 bits per heavy atom. The van der Waals surface area contributed by atoms with Crippen LogP contribution in [0.1, 0.15) is 16.8 Å². The Balaban J connectivity index is 3.15.